The van der Waals surface area contributed by atoms with Gasteiger partial charge in [0.05, 0.1) is 7.11 Å². The number of halogens is 2. The molecule has 0 spiro atoms. The Morgan fingerprint density at radius 3 is 2.47 bits per heavy atom. The van der Waals surface area contributed by atoms with Gasteiger partial charge in [-0.1, -0.05) is 61.5 Å². The lowest BCUT2D eigenvalue weighted by molar-refractivity contribution is -0.140. The van der Waals surface area contributed by atoms with Gasteiger partial charge in [-0.3, -0.25) is 14.5 Å². The van der Waals surface area contributed by atoms with Crippen LogP contribution in [0.2, 0.25) is 10.0 Å². The molecule has 3 rings (SSSR count). The van der Waals surface area contributed by atoms with Crippen molar-refractivity contribution in [1.82, 2.24) is 4.90 Å². The van der Waals surface area contributed by atoms with E-state index in [1.54, 1.807) is 49.4 Å². The maximum absolute atomic E-state index is 13.2. The summed E-state index contributed by atoms with van der Waals surface area (Å²) in [5.41, 5.74) is 2.11. The molecule has 0 radical (unpaired) electrons. The van der Waals surface area contributed by atoms with Crippen LogP contribution in [0.3, 0.4) is 0 Å². The number of carbonyl (C=O) groups excluding carboxylic acids is 2. The number of rotatable bonds is 10. The Morgan fingerprint density at radius 2 is 1.81 bits per heavy atom. The Kier molecular flexibility index (Phi) is 9.58. The lowest BCUT2D eigenvalue weighted by Crippen LogP contribution is -2.43. The van der Waals surface area contributed by atoms with Gasteiger partial charge >= 0.3 is 0 Å². The average Bonchev–Trinajstić information content (AvgIpc) is 2.86. The summed E-state index contributed by atoms with van der Waals surface area (Å²) < 4.78 is 11.4. The highest BCUT2D eigenvalue weighted by atomic mass is 35.5. The van der Waals surface area contributed by atoms with Crippen LogP contribution in [0.4, 0.5) is 0 Å². The molecule has 1 aliphatic rings. The van der Waals surface area contributed by atoms with E-state index in [1.807, 2.05) is 6.07 Å². The Bertz CT molecular complexity index is 1260. The number of imide groups is 1. The van der Waals surface area contributed by atoms with Gasteiger partial charge in [0.2, 0.25) is 0 Å². The van der Waals surface area contributed by atoms with Crippen molar-refractivity contribution in [1.29, 1.82) is 5.26 Å². The third kappa shape index (κ3) is 6.29. The monoisotopic (exact) mass is 526 g/mol. The number of amides is 2. The fraction of sp³-hybridized carbons (Fsp3) is 0.321. The smallest absolute Gasteiger partial charge is 0.271 e. The molecule has 0 saturated carbocycles. The molecule has 0 N–H and O–H groups in total. The number of carbonyl (C=O) groups is 2. The highest BCUT2D eigenvalue weighted by Gasteiger charge is 2.35. The minimum absolute atomic E-state index is 0.0110. The molecule has 0 saturated heterocycles. The van der Waals surface area contributed by atoms with Crippen molar-refractivity contribution >= 4 is 41.1 Å². The summed E-state index contributed by atoms with van der Waals surface area (Å²) in [5.74, 6) is 0.0335. The van der Waals surface area contributed by atoms with E-state index in [1.165, 1.54) is 12.0 Å². The summed E-state index contributed by atoms with van der Waals surface area (Å²) in [6.07, 6.45) is 5.36. The van der Waals surface area contributed by atoms with Gasteiger partial charge in [0.15, 0.2) is 11.5 Å². The number of nitriles is 1. The molecule has 2 amide bonds. The molecule has 0 aromatic heterocycles. The van der Waals surface area contributed by atoms with E-state index in [4.69, 9.17) is 32.7 Å². The zero-order chi connectivity index (χ0) is 26.2. The molecule has 1 heterocycles. The van der Waals surface area contributed by atoms with Crippen molar-refractivity contribution < 1.29 is 19.1 Å². The van der Waals surface area contributed by atoms with Crippen molar-refractivity contribution in [3.05, 3.63) is 74.3 Å². The summed E-state index contributed by atoms with van der Waals surface area (Å²) in [7, 11) is 1.52. The Hall–Kier alpha value is -3.27. The standard InChI is InChI=1S/C28H28Cl2N2O4/c1-4-5-6-7-12-32-27(33)22(18(2)23(16-31)28(32)34)13-19-8-11-25(26(14-19)35-3)36-17-20-9-10-21(29)15-24(20)30/h8-11,13-15H,4-7,12,17H2,1-3H3/b22-13+. The summed E-state index contributed by atoms with van der Waals surface area (Å²) in [4.78, 5) is 27.2. The van der Waals surface area contributed by atoms with E-state index in [-0.39, 0.29) is 18.7 Å². The van der Waals surface area contributed by atoms with Gasteiger partial charge in [0.25, 0.3) is 11.8 Å². The zero-order valence-corrected chi connectivity index (χ0v) is 22.1. The molecular formula is C28H28Cl2N2O4. The van der Waals surface area contributed by atoms with Crippen molar-refractivity contribution in [3.8, 4) is 17.6 Å². The Labute approximate surface area is 221 Å². The summed E-state index contributed by atoms with van der Waals surface area (Å²) in [6, 6.07) is 12.4. The van der Waals surface area contributed by atoms with E-state index < -0.39 is 11.8 Å². The van der Waals surface area contributed by atoms with Gasteiger partial charge in [-0.15, -0.1) is 0 Å². The van der Waals surface area contributed by atoms with E-state index in [0.717, 1.165) is 24.8 Å². The summed E-state index contributed by atoms with van der Waals surface area (Å²) >= 11 is 12.2. The molecule has 0 atom stereocenters. The van der Waals surface area contributed by atoms with Crippen LogP contribution in [-0.4, -0.2) is 30.4 Å². The molecule has 6 nitrogen and oxygen atoms in total. The second-order valence-corrected chi connectivity index (χ2v) is 9.27. The highest BCUT2D eigenvalue weighted by Crippen LogP contribution is 2.33. The van der Waals surface area contributed by atoms with Gasteiger partial charge < -0.3 is 9.47 Å². The molecular weight excluding hydrogens is 499 g/mol. The lowest BCUT2D eigenvalue weighted by atomic mass is 9.93. The van der Waals surface area contributed by atoms with Crippen LogP contribution in [0.5, 0.6) is 11.5 Å². The first-order chi connectivity index (χ1) is 17.3. The number of hydrogen-bond acceptors (Lipinski definition) is 5. The fourth-order valence-corrected chi connectivity index (χ4v) is 4.35. The Morgan fingerprint density at radius 1 is 1.03 bits per heavy atom. The Balaban J connectivity index is 1.87. The van der Waals surface area contributed by atoms with Crippen LogP contribution in [0, 0.1) is 11.3 Å². The van der Waals surface area contributed by atoms with Crippen molar-refractivity contribution in [2.45, 2.75) is 46.1 Å². The lowest BCUT2D eigenvalue weighted by Gasteiger charge is -2.27. The first kappa shape index (κ1) is 27.3. The van der Waals surface area contributed by atoms with E-state index in [9.17, 15) is 14.9 Å². The molecule has 0 bridgehead atoms. The second-order valence-electron chi connectivity index (χ2n) is 8.43. The third-order valence-electron chi connectivity index (χ3n) is 5.96. The number of hydrogen-bond donors (Lipinski definition) is 0. The van der Waals surface area contributed by atoms with Crippen LogP contribution < -0.4 is 9.47 Å². The predicted molar refractivity (Wildman–Crippen MR) is 141 cm³/mol. The van der Waals surface area contributed by atoms with Crippen LogP contribution >= 0.6 is 23.2 Å². The number of methoxy groups -OCH3 is 1. The zero-order valence-electron chi connectivity index (χ0n) is 20.6. The second kappa shape index (κ2) is 12.6. The molecule has 8 heteroatoms. The van der Waals surface area contributed by atoms with E-state index in [2.05, 4.69) is 6.92 Å². The van der Waals surface area contributed by atoms with Gasteiger partial charge in [-0.05, 0) is 54.8 Å². The quantitative estimate of drug-likeness (QED) is 0.194. The number of nitrogens with zero attached hydrogens (tertiary/aromatic N) is 2. The summed E-state index contributed by atoms with van der Waals surface area (Å²) in [6.45, 7) is 4.22. The highest BCUT2D eigenvalue weighted by molar-refractivity contribution is 6.35. The fourth-order valence-electron chi connectivity index (χ4n) is 3.88. The summed E-state index contributed by atoms with van der Waals surface area (Å²) in [5, 5.41) is 10.6. The topological polar surface area (TPSA) is 79.6 Å². The van der Waals surface area contributed by atoms with Crippen LogP contribution in [0.15, 0.2) is 53.1 Å². The molecule has 1 aliphatic heterocycles. The van der Waals surface area contributed by atoms with Gasteiger partial charge in [0.1, 0.15) is 18.2 Å². The molecule has 188 valence electrons. The molecule has 0 aliphatic carbocycles. The molecule has 2 aromatic rings. The first-order valence-electron chi connectivity index (χ1n) is 11.7. The van der Waals surface area contributed by atoms with Crippen LogP contribution in [0.1, 0.15) is 50.7 Å². The van der Waals surface area contributed by atoms with Gasteiger partial charge in [-0.2, -0.15) is 5.26 Å². The SMILES string of the molecule is CCCCCCN1C(=O)C(C#N)=C(C)/C(=C\c2ccc(OCc3ccc(Cl)cc3Cl)c(OC)c2)C1=O. The first-order valence-corrected chi connectivity index (χ1v) is 12.5. The van der Waals surface area contributed by atoms with Crippen LogP contribution in [-0.2, 0) is 16.2 Å². The molecule has 36 heavy (non-hydrogen) atoms. The molecule has 0 unspecified atom stereocenters. The van der Waals surface area contributed by atoms with Crippen molar-refractivity contribution in [3.63, 3.8) is 0 Å². The third-order valence-corrected chi connectivity index (χ3v) is 6.54. The van der Waals surface area contributed by atoms with Crippen molar-refractivity contribution in [2.75, 3.05) is 13.7 Å². The van der Waals surface area contributed by atoms with Crippen LogP contribution in [0.25, 0.3) is 6.08 Å². The number of benzene rings is 2. The predicted octanol–water partition coefficient (Wildman–Crippen LogP) is 6.75. The maximum atomic E-state index is 13.2. The van der Waals surface area contributed by atoms with Gasteiger partial charge in [0, 0.05) is 27.7 Å². The molecule has 2 aromatic carbocycles. The number of ether oxygens (including phenoxy) is 2. The van der Waals surface area contributed by atoms with Gasteiger partial charge in [-0.25, -0.2) is 0 Å². The van der Waals surface area contributed by atoms with E-state index in [0.29, 0.717) is 44.7 Å². The molecule has 0 fully saturated rings. The largest absolute Gasteiger partial charge is 0.493 e. The maximum Gasteiger partial charge on any atom is 0.271 e. The minimum Gasteiger partial charge on any atom is -0.493 e. The number of unbranched alkanes of at least 4 members (excludes halogenated alkanes) is 3. The minimum atomic E-state index is -0.532. The van der Waals surface area contributed by atoms with E-state index >= 15 is 0 Å². The van der Waals surface area contributed by atoms with Crippen molar-refractivity contribution in [2.24, 2.45) is 0 Å². The average molecular weight is 527 g/mol. The normalized spacial score (nSPS) is 14.9.